The molecule has 4 nitrogen and oxygen atoms in total. The van der Waals surface area contributed by atoms with E-state index in [1.807, 2.05) is 0 Å². The Hall–Kier alpha value is -0.680. The van der Waals surface area contributed by atoms with Gasteiger partial charge in [-0.25, -0.2) is 0 Å². The Bertz CT molecular complexity index is 419. The van der Waals surface area contributed by atoms with E-state index in [1.165, 1.54) is 19.4 Å². The molecule has 0 aromatic rings. The van der Waals surface area contributed by atoms with Crippen LogP contribution in [0.25, 0.3) is 0 Å². The van der Waals surface area contributed by atoms with Gasteiger partial charge in [-0.2, -0.15) is 0 Å². The molecule has 3 rings (SSSR count). The molecule has 2 unspecified atom stereocenters. The molecule has 2 heterocycles. The highest BCUT2D eigenvalue weighted by molar-refractivity contribution is 7.80. The summed E-state index contributed by atoms with van der Waals surface area (Å²) in [6, 6.07) is 0.985. The van der Waals surface area contributed by atoms with Gasteiger partial charge in [0.05, 0.1) is 10.4 Å². The topological polar surface area (TPSA) is 58.4 Å². The Kier molecular flexibility index (Phi) is 3.75. The van der Waals surface area contributed by atoms with Crippen LogP contribution in [0.2, 0.25) is 0 Å². The molecule has 3 fully saturated rings. The van der Waals surface area contributed by atoms with Crippen molar-refractivity contribution in [3.05, 3.63) is 0 Å². The van der Waals surface area contributed by atoms with Crippen molar-refractivity contribution in [3.8, 4) is 0 Å². The first-order chi connectivity index (χ1) is 9.51. The van der Waals surface area contributed by atoms with Crippen LogP contribution in [0.3, 0.4) is 0 Å². The van der Waals surface area contributed by atoms with Gasteiger partial charge < -0.3 is 16.0 Å². The van der Waals surface area contributed by atoms with Crippen molar-refractivity contribution in [3.63, 3.8) is 0 Å². The van der Waals surface area contributed by atoms with Gasteiger partial charge in [-0.3, -0.25) is 4.79 Å². The van der Waals surface area contributed by atoms with E-state index in [0.717, 1.165) is 32.2 Å². The summed E-state index contributed by atoms with van der Waals surface area (Å²) in [5.74, 6) is 0.637. The molecule has 1 amide bonds. The van der Waals surface area contributed by atoms with E-state index in [2.05, 4.69) is 17.1 Å². The lowest BCUT2D eigenvalue weighted by Crippen LogP contribution is -2.59. The number of rotatable bonds is 3. The first-order valence-corrected chi connectivity index (χ1v) is 8.27. The average molecular weight is 295 g/mol. The minimum atomic E-state index is -0.554. The fourth-order valence-electron chi connectivity index (χ4n) is 4.31. The van der Waals surface area contributed by atoms with Crippen molar-refractivity contribution < 1.29 is 4.79 Å². The van der Waals surface area contributed by atoms with Gasteiger partial charge in [0, 0.05) is 18.6 Å². The molecule has 0 bridgehead atoms. The minimum absolute atomic E-state index is 0.0829. The number of thiocarbonyl (C=S) groups is 1. The smallest absolute Gasteiger partial charge is 0.233 e. The van der Waals surface area contributed by atoms with E-state index >= 15 is 0 Å². The predicted molar refractivity (Wildman–Crippen MR) is 83.4 cm³/mol. The number of nitrogens with two attached hydrogens (primary N) is 1. The van der Waals surface area contributed by atoms with Crippen LogP contribution in [0.4, 0.5) is 0 Å². The Labute approximate surface area is 126 Å². The normalized spacial score (nSPS) is 40.8. The first kappa shape index (κ1) is 14.3. The molecule has 0 aromatic heterocycles. The number of piperidine rings is 1. The molecule has 2 saturated heterocycles. The van der Waals surface area contributed by atoms with Crippen LogP contribution in [0.1, 0.15) is 45.4 Å². The van der Waals surface area contributed by atoms with Crippen LogP contribution in [-0.2, 0) is 4.79 Å². The first-order valence-electron chi connectivity index (χ1n) is 7.86. The summed E-state index contributed by atoms with van der Waals surface area (Å²) < 4.78 is 0. The van der Waals surface area contributed by atoms with Crippen molar-refractivity contribution in [2.45, 2.75) is 57.5 Å². The maximum atomic E-state index is 12.6. The maximum absolute atomic E-state index is 12.6. The lowest BCUT2D eigenvalue weighted by Gasteiger charge is -2.45. The number of nitrogens with one attached hydrogen (secondary N) is 1. The summed E-state index contributed by atoms with van der Waals surface area (Å²) >= 11 is 5.16. The molecule has 2 aliphatic heterocycles. The third-order valence-electron chi connectivity index (χ3n) is 5.46. The van der Waals surface area contributed by atoms with E-state index < -0.39 is 5.41 Å². The zero-order valence-corrected chi connectivity index (χ0v) is 13.0. The molecule has 112 valence electrons. The third-order valence-corrected chi connectivity index (χ3v) is 5.85. The predicted octanol–water partition coefficient (Wildman–Crippen LogP) is 1.43. The molecule has 20 heavy (non-hydrogen) atoms. The van der Waals surface area contributed by atoms with E-state index in [0.29, 0.717) is 23.0 Å². The molecule has 3 N–H and O–H groups in total. The van der Waals surface area contributed by atoms with Gasteiger partial charge in [-0.1, -0.05) is 19.1 Å². The number of fused-ring (bicyclic) bond motifs is 1. The van der Waals surface area contributed by atoms with Gasteiger partial charge in [0.15, 0.2) is 0 Å². The highest BCUT2D eigenvalue weighted by atomic mass is 32.1. The average Bonchev–Trinajstić information content (AvgIpc) is 2.81. The molecule has 0 radical (unpaired) electrons. The Morgan fingerprint density at radius 1 is 1.35 bits per heavy atom. The van der Waals surface area contributed by atoms with E-state index in [4.69, 9.17) is 18.0 Å². The van der Waals surface area contributed by atoms with Gasteiger partial charge in [-0.15, -0.1) is 0 Å². The van der Waals surface area contributed by atoms with Crippen molar-refractivity contribution in [2.75, 3.05) is 13.1 Å². The molecule has 2 atom stereocenters. The van der Waals surface area contributed by atoms with Crippen molar-refractivity contribution in [2.24, 2.45) is 17.1 Å². The molecule has 5 heteroatoms. The van der Waals surface area contributed by atoms with Gasteiger partial charge in [0.1, 0.15) is 0 Å². The monoisotopic (exact) mass is 295 g/mol. The molecule has 3 aliphatic rings. The molecule has 0 spiro atoms. The Balaban J connectivity index is 1.60. The van der Waals surface area contributed by atoms with Crippen LogP contribution in [0.15, 0.2) is 0 Å². The van der Waals surface area contributed by atoms with E-state index in [-0.39, 0.29) is 5.91 Å². The van der Waals surface area contributed by atoms with Gasteiger partial charge in [0.25, 0.3) is 0 Å². The van der Waals surface area contributed by atoms with Crippen LogP contribution in [0.5, 0.6) is 0 Å². The molecular formula is C15H25N3OS. The summed E-state index contributed by atoms with van der Waals surface area (Å²) in [5, 5.41) is 3.24. The van der Waals surface area contributed by atoms with E-state index in [1.54, 1.807) is 0 Å². The zero-order chi connectivity index (χ0) is 14.3. The van der Waals surface area contributed by atoms with Crippen molar-refractivity contribution >= 4 is 23.1 Å². The summed E-state index contributed by atoms with van der Waals surface area (Å²) in [5.41, 5.74) is 5.29. The summed E-state index contributed by atoms with van der Waals surface area (Å²) in [7, 11) is 0. The molecular weight excluding hydrogens is 270 g/mol. The van der Waals surface area contributed by atoms with Gasteiger partial charge in [-0.05, 0) is 51.0 Å². The fraction of sp³-hybridized carbons (Fsp3) is 0.867. The summed E-state index contributed by atoms with van der Waals surface area (Å²) in [4.78, 5) is 15.6. The Morgan fingerprint density at radius 3 is 2.75 bits per heavy atom. The fourth-order valence-corrected chi connectivity index (χ4v) is 4.57. The van der Waals surface area contributed by atoms with Crippen LogP contribution < -0.4 is 11.1 Å². The third kappa shape index (κ3) is 2.35. The second kappa shape index (κ2) is 5.26. The van der Waals surface area contributed by atoms with Crippen LogP contribution >= 0.6 is 12.2 Å². The standard InChI is InChI=1S/C15H25N3OS/c1-10-8-15(9-10,13(16)20)14(19)17-11-4-6-18-5-2-3-12(18)7-11/h10-12H,2-9H2,1H3,(H2,16,20)(H,17,19). The lowest BCUT2D eigenvalue weighted by atomic mass is 9.62. The van der Waals surface area contributed by atoms with Gasteiger partial charge >= 0.3 is 0 Å². The quantitative estimate of drug-likeness (QED) is 0.774. The highest BCUT2D eigenvalue weighted by Crippen LogP contribution is 2.46. The lowest BCUT2D eigenvalue weighted by molar-refractivity contribution is -0.134. The summed E-state index contributed by atoms with van der Waals surface area (Å²) in [6.45, 7) is 4.51. The van der Waals surface area contributed by atoms with Crippen LogP contribution in [-0.4, -0.2) is 41.0 Å². The second-order valence-corrected chi connectivity index (χ2v) is 7.43. The van der Waals surface area contributed by atoms with E-state index in [9.17, 15) is 4.79 Å². The number of carbonyl (C=O) groups excluding carboxylic acids is 1. The highest BCUT2D eigenvalue weighted by Gasteiger charge is 2.51. The largest absolute Gasteiger partial charge is 0.392 e. The summed E-state index contributed by atoms with van der Waals surface area (Å²) in [6.07, 6.45) is 6.37. The Morgan fingerprint density at radius 2 is 2.10 bits per heavy atom. The van der Waals surface area contributed by atoms with Gasteiger partial charge in [0.2, 0.25) is 5.91 Å². The molecule has 1 saturated carbocycles. The zero-order valence-electron chi connectivity index (χ0n) is 12.2. The SMILES string of the molecule is CC1CC(C(=O)NC2CCN3CCCC3C2)(C(N)=S)C1. The number of hydrogen-bond acceptors (Lipinski definition) is 3. The number of nitrogens with zero attached hydrogens (tertiary/aromatic N) is 1. The number of carbonyl (C=O) groups is 1. The van der Waals surface area contributed by atoms with Crippen molar-refractivity contribution in [1.82, 2.24) is 10.2 Å². The number of hydrogen-bond donors (Lipinski definition) is 2. The van der Waals surface area contributed by atoms with Crippen molar-refractivity contribution in [1.29, 1.82) is 0 Å². The second-order valence-electron chi connectivity index (χ2n) is 6.99. The maximum Gasteiger partial charge on any atom is 0.233 e. The molecule has 0 aromatic carbocycles. The van der Waals surface area contributed by atoms with Crippen LogP contribution in [0, 0.1) is 11.3 Å². The minimum Gasteiger partial charge on any atom is -0.392 e. The number of amides is 1. The molecule has 1 aliphatic carbocycles.